The molecule has 4 aliphatic carbocycles. The van der Waals surface area contributed by atoms with Gasteiger partial charge in [0, 0.05) is 12.3 Å². The van der Waals surface area contributed by atoms with Crippen LogP contribution in [-0.2, 0) is 0 Å². The predicted octanol–water partition coefficient (Wildman–Crippen LogP) is 3.27. The first-order valence-corrected chi connectivity index (χ1v) is 7.89. The number of hydrogen-bond donors (Lipinski definition) is 2. The molecule has 0 aromatic rings. The summed E-state index contributed by atoms with van der Waals surface area (Å²) >= 11 is 4.21. The first kappa shape index (κ1) is 12.8. The van der Waals surface area contributed by atoms with Crippen molar-refractivity contribution in [1.29, 1.82) is 0 Å². The molecule has 0 aliphatic heterocycles. The van der Waals surface area contributed by atoms with E-state index in [1.165, 1.54) is 38.5 Å². The Morgan fingerprint density at radius 1 is 1.17 bits per heavy atom. The van der Waals surface area contributed by atoms with Gasteiger partial charge in [-0.25, -0.2) is 0 Å². The average molecular weight is 266 g/mol. The Bertz CT molecular complexity index is 372. The minimum Gasteiger partial charge on any atom is -0.387 e. The fourth-order valence-electron chi connectivity index (χ4n) is 6.18. The lowest BCUT2D eigenvalue weighted by molar-refractivity contribution is -0.140. The summed E-state index contributed by atoms with van der Waals surface area (Å²) in [6, 6.07) is 0. The Labute approximate surface area is 116 Å². The number of rotatable bonds is 3. The molecule has 3 heteroatoms. The van der Waals surface area contributed by atoms with E-state index in [0.717, 1.165) is 12.5 Å². The molecule has 0 amide bonds. The van der Waals surface area contributed by atoms with Crippen LogP contribution in [0, 0.1) is 22.2 Å². The van der Waals surface area contributed by atoms with E-state index in [-0.39, 0.29) is 0 Å². The van der Waals surface area contributed by atoms with Crippen molar-refractivity contribution in [2.45, 2.75) is 52.4 Å². The van der Waals surface area contributed by atoms with E-state index in [4.69, 9.17) is 5.73 Å². The summed E-state index contributed by atoms with van der Waals surface area (Å²) in [6.07, 6.45) is 8.47. The van der Waals surface area contributed by atoms with Crippen LogP contribution in [0.4, 0.5) is 0 Å². The van der Waals surface area contributed by atoms with Crippen LogP contribution in [0.3, 0.4) is 0 Å². The van der Waals surface area contributed by atoms with Crippen LogP contribution in [0.5, 0.6) is 0 Å². The maximum Gasteiger partial charge on any atom is 0.103 e. The van der Waals surface area contributed by atoms with Crippen molar-refractivity contribution in [3.05, 3.63) is 0 Å². The van der Waals surface area contributed by atoms with Crippen molar-refractivity contribution < 1.29 is 0 Å². The zero-order valence-electron chi connectivity index (χ0n) is 11.7. The molecule has 2 unspecified atom stereocenters. The van der Waals surface area contributed by atoms with E-state index in [1.54, 1.807) is 0 Å². The third kappa shape index (κ3) is 2.09. The first-order valence-electron chi connectivity index (χ1n) is 7.26. The van der Waals surface area contributed by atoms with Crippen LogP contribution in [0.1, 0.15) is 52.4 Å². The van der Waals surface area contributed by atoms with Crippen LogP contribution in [0.15, 0.2) is 4.99 Å². The van der Waals surface area contributed by atoms with Gasteiger partial charge in [0.1, 0.15) is 5.84 Å². The minimum absolute atomic E-state index is 0.455. The van der Waals surface area contributed by atoms with Crippen molar-refractivity contribution in [3.8, 4) is 0 Å². The van der Waals surface area contributed by atoms with Crippen molar-refractivity contribution in [2.75, 3.05) is 12.3 Å². The lowest BCUT2D eigenvalue weighted by Gasteiger charge is -2.65. The van der Waals surface area contributed by atoms with Gasteiger partial charge >= 0.3 is 0 Å². The third-order valence-corrected chi connectivity index (χ3v) is 5.85. The number of nitrogens with two attached hydrogens (primary N) is 1. The molecule has 0 heterocycles. The van der Waals surface area contributed by atoms with Crippen molar-refractivity contribution in [1.82, 2.24) is 0 Å². The molecule has 2 N–H and O–H groups in total. The number of nitrogens with zero attached hydrogens (tertiary/aromatic N) is 1. The number of aliphatic imine (C=N–C) groups is 1. The molecule has 0 saturated heterocycles. The fraction of sp³-hybridized carbons (Fsp3) is 0.933. The van der Waals surface area contributed by atoms with E-state index in [2.05, 4.69) is 31.5 Å². The zero-order chi connectivity index (χ0) is 13.0. The highest BCUT2D eigenvalue weighted by molar-refractivity contribution is 7.81. The number of thiol groups is 1. The lowest BCUT2D eigenvalue weighted by atomic mass is 9.40. The standard InChI is InChI=1S/C15H26N2S/c1-13-3-11-4-14(2,7-13)9-15(5-11,8-13)10-17-12(16)6-18/h11,18H,3-10H2,1-2H3,(H2,16,17)/t11?,13-,14+,15?. The average Bonchev–Trinajstić information content (AvgIpc) is 2.21. The maximum absolute atomic E-state index is 5.84. The summed E-state index contributed by atoms with van der Waals surface area (Å²) in [6.45, 7) is 5.97. The van der Waals surface area contributed by atoms with Gasteiger partial charge in [0.2, 0.25) is 0 Å². The van der Waals surface area contributed by atoms with Gasteiger partial charge in [-0.2, -0.15) is 12.6 Å². The Balaban J connectivity index is 1.85. The zero-order valence-corrected chi connectivity index (χ0v) is 12.6. The molecule has 0 aromatic heterocycles. The highest BCUT2D eigenvalue weighted by Gasteiger charge is 2.59. The molecule has 4 rings (SSSR count). The normalized spacial score (nSPS) is 50.8. The molecule has 18 heavy (non-hydrogen) atoms. The molecule has 4 atom stereocenters. The van der Waals surface area contributed by atoms with Gasteiger partial charge in [-0.3, -0.25) is 4.99 Å². The van der Waals surface area contributed by atoms with Gasteiger partial charge in [-0.05, 0) is 60.7 Å². The molecular formula is C15H26N2S. The molecule has 4 fully saturated rings. The quantitative estimate of drug-likeness (QED) is 0.459. The van der Waals surface area contributed by atoms with E-state index < -0.39 is 0 Å². The molecule has 4 aliphatic rings. The summed E-state index contributed by atoms with van der Waals surface area (Å²) in [4.78, 5) is 4.61. The summed E-state index contributed by atoms with van der Waals surface area (Å²) in [5.41, 5.74) is 7.46. The highest BCUT2D eigenvalue weighted by atomic mass is 32.1. The summed E-state index contributed by atoms with van der Waals surface area (Å²) in [5.74, 6) is 2.25. The van der Waals surface area contributed by atoms with Gasteiger partial charge in [0.15, 0.2) is 0 Å². The molecule has 4 saturated carbocycles. The summed E-state index contributed by atoms with van der Waals surface area (Å²) < 4.78 is 0. The molecule has 102 valence electrons. The van der Waals surface area contributed by atoms with Crippen LogP contribution in [0.25, 0.3) is 0 Å². The van der Waals surface area contributed by atoms with E-state index in [9.17, 15) is 0 Å². The monoisotopic (exact) mass is 266 g/mol. The van der Waals surface area contributed by atoms with Crippen LogP contribution in [-0.4, -0.2) is 18.1 Å². The summed E-state index contributed by atoms with van der Waals surface area (Å²) in [5, 5.41) is 0. The molecule has 0 aromatic carbocycles. The van der Waals surface area contributed by atoms with Crippen molar-refractivity contribution in [2.24, 2.45) is 32.9 Å². The van der Waals surface area contributed by atoms with Gasteiger partial charge < -0.3 is 5.73 Å². The lowest BCUT2D eigenvalue weighted by Crippen LogP contribution is -2.56. The third-order valence-electron chi connectivity index (χ3n) is 5.52. The van der Waals surface area contributed by atoms with Crippen LogP contribution in [0.2, 0.25) is 0 Å². The number of amidine groups is 1. The van der Waals surface area contributed by atoms with Crippen molar-refractivity contribution >= 4 is 18.5 Å². The molecule has 0 spiro atoms. The minimum atomic E-state index is 0.455. The fourth-order valence-corrected chi connectivity index (χ4v) is 6.28. The predicted molar refractivity (Wildman–Crippen MR) is 80.2 cm³/mol. The van der Waals surface area contributed by atoms with E-state index >= 15 is 0 Å². The second-order valence-corrected chi connectivity index (χ2v) is 8.41. The van der Waals surface area contributed by atoms with Gasteiger partial charge in [0.25, 0.3) is 0 Å². The summed E-state index contributed by atoms with van der Waals surface area (Å²) in [7, 11) is 0. The molecule has 0 radical (unpaired) electrons. The SMILES string of the molecule is C[C@]12CC3CC(CN=C(N)CS)(C1)C[C@@](C)(C3)C2. The van der Waals surface area contributed by atoms with E-state index in [0.29, 0.717) is 27.8 Å². The van der Waals surface area contributed by atoms with Crippen LogP contribution < -0.4 is 5.73 Å². The molecule has 4 bridgehead atoms. The Hall–Kier alpha value is -0.180. The van der Waals surface area contributed by atoms with Gasteiger partial charge in [0.05, 0.1) is 0 Å². The molecule has 2 nitrogen and oxygen atoms in total. The largest absolute Gasteiger partial charge is 0.387 e. The molecular weight excluding hydrogens is 240 g/mol. The smallest absolute Gasteiger partial charge is 0.103 e. The highest BCUT2D eigenvalue weighted by Crippen LogP contribution is 2.69. The topological polar surface area (TPSA) is 38.4 Å². The van der Waals surface area contributed by atoms with E-state index in [1.807, 2.05) is 0 Å². The first-order chi connectivity index (χ1) is 8.36. The van der Waals surface area contributed by atoms with Gasteiger partial charge in [-0.1, -0.05) is 13.8 Å². The van der Waals surface area contributed by atoms with Gasteiger partial charge in [-0.15, -0.1) is 0 Å². The second kappa shape index (κ2) is 3.91. The Morgan fingerprint density at radius 3 is 2.28 bits per heavy atom. The van der Waals surface area contributed by atoms with Crippen molar-refractivity contribution in [3.63, 3.8) is 0 Å². The van der Waals surface area contributed by atoms with Crippen LogP contribution >= 0.6 is 12.6 Å². The number of hydrogen-bond acceptors (Lipinski definition) is 2. The Kier molecular flexibility index (Phi) is 2.79. The Morgan fingerprint density at radius 2 is 1.78 bits per heavy atom. The maximum atomic E-state index is 5.84. The second-order valence-electron chi connectivity index (χ2n) is 8.10.